The van der Waals surface area contributed by atoms with E-state index in [4.69, 9.17) is 0 Å². The molecule has 0 N–H and O–H groups in total. The molecule has 0 spiro atoms. The molecule has 0 radical (unpaired) electrons. The molecule has 2 aliphatic rings. The van der Waals surface area contributed by atoms with Crippen LogP contribution >= 0.6 is 0 Å². The first-order valence-electron chi connectivity index (χ1n) is 8.58. The first-order valence-corrected chi connectivity index (χ1v) is 8.58. The fourth-order valence-electron chi connectivity index (χ4n) is 3.79. The van der Waals surface area contributed by atoms with Crippen molar-refractivity contribution in [2.45, 2.75) is 72.3 Å². The van der Waals surface area contributed by atoms with Crippen LogP contribution in [0.15, 0.2) is 0 Å². The topological polar surface area (TPSA) is 47.1 Å². The lowest BCUT2D eigenvalue weighted by atomic mass is 9.93. The fourth-order valence-corrected chi connectivity index (χ4v) is 3.79. The minimum absolute atomic E-state index is 0.0468. The third-order valence-electron chi connectivity index (χ3n) is 5.56. The van der Waals surface area contributed by atoms with E-state index in [0.717, 1.165) is 12.8 Å². The molecule has 126 valence electrons. The van der Waals surface area contributed by atoms with Crippen LogP contribution in [-0.2, 0) is 0 Å². The van der Waals surface area contributed by atoms with Crippen LogP contribution in [-0.4, -0.2) is 69.2 Å². The Balaban J connectivity index is 2.52. The van der Waals surface area contributed by atoms with Crippen molar-refractivity contribution in [2.75, 3.05) is 19.6 Å². The molecule has 0 aromatic carbocycles. The summed E-state index contributed by atoms with van der Waals surface area (Å²) in [5.41, 5.74) is -0.221. The average Bonchev–Trinajstić information content (AvgIpc) is 2.95. The molecule has 2 aliphatic heterocycles. The third kappa shape index (κ3) is 2.07. The Hall–Kier alpha value is -1.46. The molecular weight excluding hydrogens is 280 g/mol. The molecular formula is C16H30N4O2. The van der Waals surface area contributed by atoms with Gasteiger partial charge in [-0.25, -0.2) is 9.59 Å². The Bertz CT molecular complexity index is 447. The van der Waals surface area contributed by atoms with Crippen molar-refractivity contribution in [3.05, 3.63) is 0 Å². The van der Waals surface area contributed by atoms with Crippen LogP contribution in [0.3, 0.4) is 0 Å². The SMILES string of the molecule is CCN1C(=O)N(CC)C2C1N(CC)C(=O)N2C(C)(CC)CC. The standard InChI is InChI=1S/C16H30N4O2/c1-7-16(6,8-2)20-13-12(18(10-4)15(20)22)17(9-3)14(21)19(13)11-5/h12-13H,7-11H2,1-6H3. The van der Waals surface area contributed by atoms with Crippen molar-refractivity contribution in [3.8, 4) is 0 Å². The largest absolute Gasteiger partial charge is 0.324 e. The maximum absolute atomic E-state index is 13.0. The Labute approximate surface area is 134 Å². The van der Waals surface area contributed by atoms with E-state index in [1.165, 1.54) is 0 Å². The minimum atomic E-state index is -0.221. The summed E-state index contributed by atoms with van der Waals surface area (Å²) in [6.07, 6.45) is 1.43. The van der Waals surface area contributed by atoms with Gasteiger partial charge in [-0.2, -0.15) is 0 Å². The van der Waals surface area contributed by atoms with Gasteiger partial charge in [-0.3, -0.25) is 4.90 Å². The fraction of sp³-hybridized carbons (Fsp3) is 0.875. The molecule has 2 rings (SSSR count). The van der Waals surface area contributed by atoms with Gasteiger partial charge in [-0.05, 0) is 40.5 Å². The van der Waals surface area contributed by atoms with E-state index in [-0.39, 0.29) is 29.9 Å². The van der Waals surface area contributed by atoms with Gasteiger partial charge in [0.2, 0.25) is 0 Å². The molecule has 0 bridgehead atoms. The molecule has 0 aromatic rings. The molecule has 2 atom stereocenters. The van der Waals surface area contributed by atoms with Crippen molar-refractivity contribution in [1.29, 1.82) is 0 Å². The van der Waals surface area contributed by atoms with Gasteiger partial charge in [0, 0.05) is 25.2 Å². The van der Waals surface area contributed by atoms with Gasteiger partial charge in [0.05, 0.1) is 0 Å². The van der Waals surface area contributed by atoms with Gasteiger partial charge in [-0.1, -0.05) is 13.8 Å². The quantitative estimate of drug-likeness (QED) is 0.757. The van der Waals surface area contributed by atoms with Crippen LogP contribution in [0.5, 0.6) is 0 Å². The molecule has 0 aliphatic carbocycles. The van der Waals surface area contributed by atoms with Crippen molar-refractivity contribution in [2.24, 2.45) is 0 Å². The average molecular weight is 310 g/mol. The van der Waals surface area contributed by atoms with Crippen molar-refractivity contribution >= 4 is 12.1 Å². The number of fused-ring (bicyclic) bond motifs is 1. The number of nitrogens with zero attached hydrogens (tertiary/aromatic N) is 4. The van der Waals surface area contributed by atoms with E-state index in [1.54, 1.807) is 0 Å². The molecule has 22 heavy (non-hydrogen) atoms. The van der Waals surface area contributed by atoms with E-state index in [1.807, 2.05) is 40.4 Å². The Morgan fingerprint density at radius 2 is 1.18 bits per heavy atom. The predicted octanol–water partition coefficient (Wildman–Crippen LogP) is 2.75. The molecule has 6 heteroatoms. The number of likely N-dealkylation sites (N-methyl/N-ethyl adjacent to an activating group) is 3. The summed E-state index contributed by atoms with van der Waals surface area (Å²) in [6, 6.07) is 0.110. The predicted molar refractivity (Wildman–Crippen MR) is 86.3 cm³/mol. The molecule has 2 saturated heterocycles. The second-order valence-electron chi connectivity index (χ2n) is 6.32. The number of carbonyl (C=O) groups excluding carboxylic acids is 2. The zero-order chi connectivity index (χ0) is 16.7. The van der Waals surface area contributed by atoms with E-state index in [0.29, 0.717) is 19.6 Å². The summed E-state index contributed by atoms with van der Waals surface area (Å²) >= 11 is 0. The first-order chi connectivity index (χ1) is 10.4. The van der Waals surface area contributed by atoms with Gasteiger partial charge in [0.25, 0.3) is 0 Å². The maximum Gasteiger partial charge on any atom is 0.324 e. The van der Waals surface area contributed by atoms with Crippen molar-refractivity contribution in [1.82, 2.24) is 19.6 Å². The van der Waals surface area contributed by atoms with Crippen LogP contribution in [0.25, 0.3) is 0 Å². The van der Waals surface area contributed by atoms with Gasteiger partial charge in [0.15, 0.2) is 0 Å². The number of hydrogen-bond acceptors (Lipinski definition) is 2. The molecule has 6 nitrogen and oxygen atoms in total. The molecule has 4 amide bonds. The van der Waals surface area contributed by atoms with Gasteiger partial charge >= 0.3 is 12.1 Å². The molecule has 0 saturated carbocycles. The Kier molecular flexibility index (Phi) is 4.59. The summed E-state index contributed by atoms with van der Waals surface area (Å²) in [5.74, 6) is 0. The third-order valence-corrected chi connectivity index (χ3v) is 5.56. The van der Waals surface area contributed by atoms with E-state index in [2.05, 4.69) is 20.8 Å². The molecule has 2 fully saturated rings. The van der Waals surface area contributed by atoms with Crippen LogP contribution in [0.2, 0.25) is 0 Å². The lowest BCUT2D eigenvalue weighted by Crippen LogP contribution is -2.56. The highest BCUT2D eigenvalue weighted by Crippen LogP contribution is 2.40. The van der Waals surface area contributed by atoms with Crippen LogP contribution < -0.4 is 0 Å². The van der Waals surface area contributed by atoms with Crippen LogP contribution in [0.1, 0.15) is 54.4 Å². The zero-order valence-electron chi connectivity index (χ0n) is 14.8. The Morgan fingerprint density at radius 1 is 0.773 bits per heavy atom. The highest BCUT2D eigenvalue weighted by molar-refractivity contribution is 5.85. The normalized spacial score (nSPS) is 25.5. The maximum atomic E-state index is 13.0. The van der Waals surface area contributed by atoms with Crippen LogP contribution in [0.4, 0.5) is 9.59 Å². The zero-order valence-corrected chi connectivity index (χ0v) is 14.8. The summed E-state index contributed by atoms with van der Waals surface area (Å²) in [7, 11) is 0. The Morgan fingerprint density at radius 3 is 1.59 bits per heavy atom. The van der Waals surface area contributed by atoms with Crippen molar-refractivity contribution in [3.63, 3.8) is 0 Å². The number of hydrogen-bond donors (Lipinski definition) is 0. The number of rotatable bonds is 6. The summed E-state index contributed by atoms with van der Waals surface area (Å²) in [5, 5.41) is 0. The number of amides is 4. The smallest absolute Gasteiger partial charge is 0.300 e. The van der Waals surface area contributed by atoms with Gasteiger partial charge in [-0.15, -0.1) is 0 Å². The molecule has 2 heterocycles. The first kappa shape index (κ1) is 16.9. The van der Waals surface area contributed by atoms with Crippen molar-refractivity contribution < 1.29 is 9.59 Å². The lowest BCUT2D eigenvalue weighted by molar-refractivity contribution is 0.0482. The summed E-state index contributed by atoms with van der Waals surface area (Å²) < 4.78 is 0. The lowest BCUT2D eigenvalue weighted by Gasteiger charge is -2.42. The molecule has 0 aromatic heterocycles. The monoisotopic (exact) mass is 310 g/mol. The van der Waals surface area contributed by atoms with E-state index >= 15 is 0 Å². The van der Waals surface area contributed by atoms with Gasteiger partial charge in [0.1, 0.15) is 12.3 Å². The van der Waals surface area contributed by atoms with Crippen LogP contribution in [0, 0.1) is 0 Å². The van der Waals surface area contributed by atoms with E-state index < -0.39 is 0 Å². The second-order valence-corrected chi connectivity index (χ2v) is 6.32. The summed E-state index contributed by atoms with van der Waals surface area (Å²) in [6.45, 7) is 14.2. The summed E-state index contributed by atoms with van der Waals surface area (Å²) in [4.78, 5) is 33.2. The highest BCUT2D eigenvalue weighted by atomic mass is 16.2. The highest BCUT2D eigenvalue weighted by Gasteiger charge is 2.60. The van der Waals surface area contributed by atoms with E-state index in [9.17, 15) is 9.59 Å². The van der Waals surface area contributed by atoms with Gasteiger partial charge < -0.3 is 14.7 Å². The second kappa shape index (κ2) is 5.97. The molecule has 2 unspecified atom stereocenters. The number of urea groups is 2. The minimum Gasteiger partial charge on any atom is -0.300 e. The number of carbonyl (C=O) groups is 2.